The number of hydrogen-bond acceptors (Lipinski definition) is 6. The highest BCUT2D eigenvalue weighted by Gasteiger charge is 2.26. The van der Waals surface area contributed by atoms with Gasteiger partial charge in [0.25, 0.3) is 0 Å². The van der Waals surface area contributed by atoms with E-state index in [0.29, 0.717) is 13.2 Å². The van der Waals surface area contributed by atoms with Crippen LogP contribution in [0.5, 0.6) is 11.5 Å². The minimum Gasteiger partial charge on any atom is -0.492 e. The average molecular weight is 515 g/mol. The highest BCUT2D eigenvalue weighted by molar-refractivity contribution is 6.25. The summed E-state index contributed by atoms with van der Waals surface area (Å²) in [5, 5.41) is 4.90. The van der Waals surface area contributed by atoms with Crippen molar-refractivity contribution < 1.29 is 9.47 Å². The van der Waals surface area contributed by atoms with Crippen molar-refractivity contribution in [3.05, 3.63) is 77.4 Å². The monoisotopic (exact) mass is 514 g/mol. The lowest BCUT2D eigenvalue weighted by molar-refractivity contribution is 0.223. The van der Waals surface area contributed by atoms with E-state index in [1.54, 1.807) is 0 Å². The Kier molecular flexibility index (Phi) is 9.79. The van der Waals surface area contributed by atoms with Crippen LogP contribution in [0.3, 0.4) is 0 Å². The summed E-state index contributed by atoms with van der Waals surface area (Å²) in [6.07, 6.45) is 0. The van der Waals surface area contributed by atoms with Crippen molar-refractivity contribution in [2.24, 2.45) is 5.10 Å². The lowest BCUT2D eigenvalue weighted by Crippen LogP contribution is -2.27. The molecule has 0 bridgehead atoms. The third-order valence-electron chi connectivity index (χ3n) is 7.27. The molecule has 1 N–H and O–H groups in total. The Morgan fingerprint density at radius 2 is 1.11 bits per heavy atom. The van der Waals surface area contributed by atoms with Gasteiger partial charge in [0, 0.05) is 24.2 Å². The van der Waals surface area contributed by atoms with Gasteiger partial charge in [-0.15, -0.1) is 0 Å². The molecule has 1 aliphatic carbocycles. The summed E-state index contributed by atoms with van der Waals surface area (Å²) in [6.45, 7) is 18.1. The van der Waals surface area contributed by atoms with E-state index in [1.165, 1.54) is 5.56 Å². The van der Waals surface area contributed by atoms with Gasteiger partial charge in [0.1, 0.15) is 24.7 Å². The molecule has 4 rings (SSSR count). The van der Waals surface area contributed by atoms with Gasteiger partial charge in [-0.3, -0.25) is 5.43 Å². The van der Waals surface area contributed by atoms with Crippen LogP contribution in [0, 0.1) is 6.92 Å². The van der Waals surface area contributed by atoms with E-state index < -0.39 is 0 Å². The summed E-state index contributed by atoms with van der Waals surface area (Å²) in [6, 6.07) is 20.9. The predicted molar refractivity (Wildman–Crippen MR) is 159 cm³/mol. The first-order valence-corrected chi connectivity index (χ1v) is 14.0. The summed E-state index contributed by atoms with van der Waals surface area (Å²) in [4.78, 5) is 4.73. The normalized spacial score (nSPS) is 12.0. The van der Waals surface area contributed by atoms with Gasteiger partial charge in [-0.2, -0.15) is 5.10 Å². The van der Waals surface area contributed by atoms with E-state index in [4.69, 9.17) is 14.6 Å². The number of fused-ring (bicyclic) bond motifs is 3. The smallest absolute Gasteiger partial charge is 0.120 e. The fourth-order valence-corrected chi connectivity index (χ4v) is 4.77. The Hall–Kier alpha value is -3.35. The predicted octanol–water partition coefficient (Wildman–Crippen LogP) is 6.28. The third kappa shape index (κ3) is 6.74. The molecule has 0 fully saturated rings. The number of aryl methyl sites for hydroxylation is 1. The Morgan fingerprint density at radius 3 is 1.55 bits per heavy atom. The number of likely N-dealkylation sites (N-methyl/N-ethyl adjacent to an activating group) is 2. The summed E-state index contributed by atoms with van der Waals surface area (Å²) >= 11 is 0. The first kappa shape index (κ1) is 27.7. The second kappa shape index (κ2) is 13.4. The largest absolute Gasteiger partial charge is 0.492 e. The summed E-state index contributed by atoms with van der Waals surface area (Å²) < 4.78 is 12.3. The number of nitrogens with zero attached hydrogens (tertiary/aromatic N) is 3. The SMILES string of the molecule is CCN(CC)CCOc1ccc2c(c1)C(=NNc1ccc(C)cc1)c1cc(OCCN(CC)CC)ccc1-2. The Bertz CT molecular complexity index is 1150. The number of hydrogen-bond donors (Lipinski definition) is 1. The standard InChI is InChI=1S/C32H42N4O2/c1-6-35(7-2)18-20-37-26-14-16-28-29-17-15-27(38-21-19-36(8-3)9-4)23-31(29)32(30(28)22-26)34-33-25-12-10-24(5)11-13-25/h10-17,22-23,33H,6-9,18-21H2,1-5H3. The molecule has 0 aromatic heterocycles. The molecule has 0 saturated heterocycles. The minimum atomic E-state index is 0.659. The maximum atomic E-state index is 6.16. The molecule has 6 heteroatoms. The zero-order chi connectivity index (χ0) is 26.9. The second-order valence-corrected chi connectivity index (χ2v) is 9.60. The van der Waals surface area contributed by atoms with Crippen molar-refractivity contribution in [2.75, 3.05) is 57.9 Å². The zero-order valence-electron chi connectivity index (χ0n) is 23.6. The fourth-order valence-electron chi connectivity index (χ4n) is 4.77. The van der Waals surface area contributed by atoms with Crippen molar-refractivity contribution in [2.45, 2.75) is 34.6 Å². The Balaban J connectivity index is 1.59. The lowest BCUT2D eigenvalue weighted by Gasteiger charge is -2.18. The molecule has 0 unspecified atom stereocenters. The van der Waals surface area contributed by atoms with Crippen LogP contribution in [-0.2, 0) is 0 Å². The molecule has 0 spiro atoms. The van der Waals surface area contributed by atoms with Gasteiger partial charge in [-0.1, -0.05) is 45.4 Å². The van der Waals surface area contributed by atoms with Crippen LogP contribution in [0.4, 0.5) is 5.69 Å². The molecule has 3 aromatic rings. The average Bonchev–Trinajstić information content (AvgIpc) is 3.25. The molecule has 202 valence electrons. The van der Waals surface area contributed by atoms with Gasteiger partial charge in [0.2, 0.25) is 0 Å². The second-order valence-electron chi connectivity index (χ2n) is 9.60. The Morgan fingerprint density at radius 1 is 0.632 bits per heavy atom. The molecule has 0 saturated carbocycles. The van der Waals surface area contributed by atoms with Crippen LogP contribution in [0.2, 0.25) is 0 Å². The molecular formula is C32H42N4O2. The van der Waals surface area contributed by atoms with Gasteiger partial charge in [-0.25, -0.2) is 0 Å². The van der Waals surface area contributed by atoms with Crippen molar-refractivity contribution in [3.63, 3.8) is 0 Å². The maximum absolute atomic E-state index is 6.16. The van der Waals surface area contributed by atoms with E-state index in [9.17, 15) is 0 Å². The van der Waals surface area contributed by atoms with Crippen molar-refractivity contribution in [1.29, 1.82) is 0 Å². The highest BCUT2D eigenvalue weighted by Crippen LogP contribution is 2.40. The molecule has 0 aliphatic heterocycles. The number of anilines is 1. The fraction of sp³-hybridized carbons (Fsp3) is 0.406. The van der Waals surface area contributed by atoms with Crippen LogP contribution >= 0.6 is 0 Å². The Labute approximate surface area is 228 Å². The number of hydrazone groups is 1. The van der Waals surface area contributed by atoms with E-state index in [1.807, 2.05) is 0 Å². The van der Waals surface area contributed by atoms with Gasteiger partial charge < -0.3 is 19.3 Å². The zero-order valence-corrected chi connectivity index (χ0v) is 23.6. The first-order valence-electron chi connectivity index (χ1n) is 14.0. The molecule has 0 amide bonds. The van der Waals surface area contributed by atoms with E-state index >= 15 is 0 Å². The van der Waals surface area contributed by atoms with Crippen LogP contribution in [0.15, 0.2) is 65.8 Å². The van der Waals surface area contributed by atoms with Crippen LogP contribution in [0.1, 0.15) is 44.4 Å². The summed E-state index contributed by atoms with van der Waals surface area (Å²) in [7, 11) is 0. The number of ether oxygens (including phenoxy) is 2. The van der Waals surface area contributed by atoms with Crippen LogP contribution in [-0.4, -0.2) is 68.0 Å². The molecule has 0 radical (unpaired) electrons. The molecule has 38 heavy (non-hydrogen) atoms. The van der Waals surface area contributed by atoms with Crippen molar-refractivity contribution in [1.82, 2.24) is 9.80 Å². The number of nitrogens with one attached hydrogen (secondary N) is 1. The van der Waals surface area contributed by atoms with Gasteiger partial charge in [0.05, 0.1) is 11.4 Å². The molecule has 1 aliphatic rings. The van der Waals surface area contributed by atoms with E-state index in [0.717, 1.165) is 84.4 Å². The first-order chi connectivity index (χ1) is 18.6. The molecule has 3 aromatic carbocycles. The van der Waals surface area contributed by atoms with Crippen LogP contribution < -0.4 is 14.9 Å². The van der Waals surface area contributed by atoms with Gasteiger partial charge in [0.15, 0.2) is 0 Å². The molecule has 0 atom stereocenters. The molecule has 0 heterocycles. The molecule has 6 nitrogen and oxygen atoms in total. The lowest BCUT2D eigenvalue weighted by atomic mass is 10.1. The minimum absolute atomic E-state index is 0.659. The topological polar surface area (TPSA) is 49.3 Å². The highest BCUT2D eigenvalue weighted by atomic mass is 16.5. The van der Waals surface area contributed by atoms with Crippen molar-refractivity contribution >= 4 is 11.4 Å². The quantitative estimate of drug-likeness (QED) is 0.201. The summed E-state index contributed by atoms with van der Waals surface area (Å²) in [5.74, 6) is 1.73. The summed E-state index contributed by atoms with van der Waals surface area (Å²) in [5.41, 5.74) is 10.8. The maximum Gasteiger partial charge on any atom is 0.120 e. The number of benzene rings is 3. The van der Waals surface area contributed by atoms with Gasteiger partial charge in [-0.05, 0) is 92.8 Å². The number of rotatable bonds is 14. The molecular weight excluding hydrogens is 472 g/mol. The van der Waals surface area contributed by atoms with Crippen molar-refractivity contribution in [3.8, 4) is 22.6 Å². The van der Waals surface area contributed by atoms with E-state index in [2.05, 4.69) is 111 Å². The van der Waals surface area contributed by atoms with Crippen LogP contribution in [0.25, 0.3) is 11.1 Å². The third-order valence-corrected chi connectivity index (χ3v) is 7.27. The van der Waals surface area contributed by atoms with E-state index in [-0.39, 0.29) is 0 Å². The van der Waals surface area contributed by atoms with Gasteiger partial charge >= 0.3 is 0 Å².